The molecular weight excluding hydrogens is 285 g/mol. The number of anilines is 1. The average molecular weight is 304 g/mol. The maximum absolute atomic E-state index is 12.6. The van der Waals surface area contributed by atoms with Crippen LogP contribution in [0.1, 0.15) is 25.7 Å². The summed E-state index contributed by atoms with van der Waals surface area (Å²) in [6.45, 7) is 0.576. The van der Waals surface area contributed by atoms with Gasteiger partial charge in [0.2, 0.25) is 0 Å². The van der Waals surface area contributed by atoms with Crippen molar-refractivity contribution in [3.63, 3.8) is 0 Å². The lowest BCUT2D eigenvalue weighted by Gasteiger charge is -2.32. The van der Waals surface area contributed by atoms with Gasteiger partial charge in [0.25, 0.3) is 0 Å². The Labute approximate surface area is 121 Å². The molecule has 0 heterocycles. The summed E-state index contributed by atoms with van der Waals surface area (Å²) >= 11 is -0.0690. The highest BCUT2D eigenvalue weighted by Crippen LogP contribution is 2.41. The third-order valence-electron chi connectivity index (χ3n) is 3.67. The number of rotatable bonds is 4. The van der Waals surface area contributed by atoms with E-state index in [1.807, 2.05) is 0 Å². The second-order valence-corrected chi connectivity index (χ2v) is 6.18. The van der Waals surface area contributed by atoms with Crippen molar-refractivity contribution in [2.45, 2.75) is 42.1 Å². The lowest BCUT2D eigenvalue weighted by atomic mass is 9.84. The van der Waals surface area contributed by atoms with Gasteiger partial charge in [-0.3, -0.25) is 0 Å². The van der Waals surface area contributed by atoms with Crippen LogP contribution in [0.15, 0.2) is 29.2 Å². The predicted octanol–water partition coefficient (Wildman–Crippen LogP) is 4.23. The molecule has 0 spiro atoms. The van der Waals surface area contributed by atoms with Gasteiger partial charge in [0.05, 0.1) is 0 Å². The smallest absolute Gasteiger partial charge is 0.381 e. The van der Waals surface area contributed by atoms with Gasteiger partial charge in [-0.15, -0.1) is 0 Å². The fraction of sp³-hybridized carbons (Fsp3) is 0.571. The number of thioether (sulfide) groups is 1. The molecule has 2 nitrogen and oxygen atoms in total. The van der Waals surface area contributed by atoms with Gasteiger partial charge in [0.15, 0.2) is 0 Å². The molecule has 1 fully saturated rings. The summed E-state index contributed by atoms with van der Waals surface area (Å²) in [5.74, 6) is 0.340. The number of halogens is 3. The molecule has 0 bridgehead atoms. The van der Waals surface area contributed by atoms with Crippen molar-refractivity contribution in [1.29, 1.82) is 0 Å². The second kappa shape index (κ2) is 6.72. The second-order valence-electron chi connectivity index (χ2n) is 5.08. The van der Waals surface area contributed by atoms with Crippen molar-refractivity contribution < 1.29 is 13.2 Å². The van der Waals surface area contributed by atoms with E-state index in [1.54, 1.807) is 18.2 Å². The molecule has 0 amide bonds. The molecule has 1 aromatic rings. The summed E-state index contributed by atoms with van der Waals surface area (Å²) in [4.78, 5) is 0.223. The molecular formula is C14H19F3N2S. The zero-order chi connectivity index (χ0) is 14.6. The first-order valence-electron chi connectivity index (χ1n) is 6.81. The third kappa shape index (κ3) is 4.31. The fourth-order valence-corrected chi connectivity index (χ4v) is 3.31. The minimum Gasteiger partial charge on any atom is -0.381 e. The van der Waals surface area contributed by atoms with E-state index < -0.39 is 5.51 Å². The normalized spacial score (nSPS) is 23.6. The molecule has 2 unspecified atom stereocenters. The number of benzene rings is 1. The van der Waals surface area contributed by atoms with Gasteiger partial charge in [0, 0.05) is 16.6 Å². The Morgan fingerprint density at radius 2 is 1.90 bits per heavy atom. The number of nitrogens with two attached hydrogens (primary N) is 1. The van der Waals surface area contributed by atoms with E-state index in [0.717, 1.165) is 25.7 Å². The van der Waals surface area contributed by atoms with Crippen molar-refractivity contribution in [3.8, 4) is 0 Å². The molecule has 1 aromatic carbocycles. The average Bonchev–Trinajstić information content (AvgIpc) is 2.40. The Morgan fingerprint density at radius 3 is 2.60 bits per heavy atom. The molecule has 0 radical (unpaired) electrons. The number of alkyl halides is 3. The zero-order valence-electron chi connectivity index (χ0n) is 11.1. The van der Waals surface area contributed by atoms with Crippen LogP contribution in [0.4, 0.5) is 18.9 Å². The fourth-order valence-electron chi connectivity index (χ4n) is 2.68. The zero-order valence-corrected chi connectivity index (χ0v) is 11.9. The van der Waals surface area contributed by atoms with Gasteiger partial charge >= 0.3 is 5.51 Å². The maximum atomic E-state index is 12.6. The molecule has 1 saturated carbocycles. The van der Waals surface area contributed by atoms with E-state index in [2.05, 4.69) is 5.32 Å². The van der Waals surface area contributed by atoms with E-state index >= 15 is 0 Å². The summed E-state index contributed by atoms with van der Waals surface area (Å²) in [6, 6.07) is 6.75. The van der Waals surface area contributed by atoms with Gasteiger partial charge in [-0.2, -0.15) is 13.2 Å². The molecule has 0 saturated heterocycles. The summed E-state index contributed by atoms with van der Waals surface area (Å²) in [5.41, 5.74) is 2.05. The lowest BCUT2D eigenvalue weighted by Crippen LogP contribution is -2.36. The molecule has 2 atom stereocenters. The van der Waals surface area contributed by atoms with Crippen LogP contribution in [0.3, 0.4) is 0 Å². The first-order chi connectivity index (χ1) is 9.49. The standard InChI is InChI=1S/C14H19F3N2S/c15-14(16,17)20-13-8-4-3-7-12(13)19-11-6-2-1-5-10(11)9-18/h3-4,7-8,10-11,19H,1-2,5-6,9,18H2. The monoisotopic (exact) mass is 304 g/mol. The minimum atomic E-state index is -4.27. The number of hydrogen-bond donors (Lipinski definition) is 2. The van der Waals surface area contributed by atoms with Crippen molar-refractivity contribution in [2.24, 2.45) is 11.7 Å². The van der Waals surface area contributed by atoms with Gasteiger partial charge in [-0.25, -0.2) is 0 Å². The van der Waals surface area contributed by atoms with Crippen LogP contribution in [0, 0.1) is 5.92 Å². The van der Waals surface area contributed by atoms with Crippen LogP contribution in [-0.2, 0) is 0 Å². The van der Waals surface area contributed by atoms with Crippen molar-refractivity contribution in [2.75, 3.05) is 11.9 Å². The molecule has 0 aliphatic heterocycles. The lowest BCUT2D eigenvalue weighted by molar-refractivity contribution is -0.0327. The van der Waals surface area contributed by atoms with Crippen LogP contribution in [0.25, 0.3) is 0 Å². The maximum Gasteiger partial charge on any atom is 0.446 e. The highest BCUT2D eigenvalue weighted by atomic mass is 32.2. The van der Waals surface area contributed by atoms with E-state index in [1.165, 1.54) is 6.07 Å². The quantitative estimate of drug-likeness (QED) is 0.818. The highest BCUT2D eigenvalue weighted by molar-refractivity contribution is 8.00. The van der Waals surface area contributed by atoms with E-state index in [0.29, 0.717) is 18.2 Å². The molecule has 3 N–H and O–H groups in total. The van der Waals surface area contributed by atoms with Crippen LogP contribution >= 0.6 is 11.8 Å². The van der Waals surface area contributed by atoms with Gasteiger partial charge in [-0.05, 0) is 49.2 Å². The Bertz CT molecular complexity index is 437. The molecule has 2 rings (SSSR count). The highest BCUT2D eigenvalue weighted by Gasteiger charge is 2.31. The SMILES string of the molecule is NCC1CCCCC1Nc1ccccc1SC(F)(F)F. The number of para-hydroxylation sites is 1. The number of hydrogen-bond acceptors (Lipinski definition) is 3. The Morgan fingerprint density at radius 1 is 1.20 bits per heavy atom. The van der Waals surface area contributed by atoms with E-state index in [-0.39, 0.29) is 22.7 Å². The predicted molar refractivity (Wildman–Crippen MR) is 76.8 cm³/mol. The number of nitrogens with one attached hydrogen (secondary N) is 1. The van der Waals surface area contributed by atoms with Crippen LogP contribution in [0.5, 0.6) is 0 Å². The Hall–Kier alpha value is -0.880. The van der Waals surface area contributed by atoms with Gasteiger partial charge in [-0.1, -0.05) is 25.0 Å². The minimum absolute atomic E-state index is 0.0690. The summed E-state index contributed by atoms with van der Waals surface area (Å²) in [5, 5.41) is 3.27. The molecule has 1 aliphatic rings. The summed E-state index contributed by atoms with van der Waals surface area (Å²) in [6.07, 6.45) is 4.26. The first kappa shape index (κ1) is 15.5. The van der Waals surface area contributed by atoms with Crippen molar-refractivity contribution >= 4 is 17.4 Å². The van der Waals surface area contributed by atoms with Gasteiger partial charge < -0.3 is 11.1 Å². The van der Waals surface area contributed by atoms with Crippen molar-refractivity contribution in [3.05, 3.63) is 24.3 Å². The Kier molecular flexibility index (Phi) is 5.21. The van der Waals surface area contributed by atoms with E-state index in [9.17, 15) is 13.2 Å². The van der Waals surface area contributed by atoms with E-state index in [4.69, 9.17) is 5.73 Å². The van der Waals surface area contributed by atoms with Crippen LogP contribution < -0.4 is 11.1 Å². The molecule has 20 heavy (non-hydrogen) atoms. The van der Waals surface area contributed by atoms with Gasteiger partial charge in [0.1, 0.15) is 0 Å². The topological polar surface area (TPSA) is 38.0 Å². The molecule has 0 aromatic heterocycles. The van der Waals surface area contributed by atoms with Crippen molar-refractivity contribution in [1.82, 2.24) is 0 Å². The summed E-state index contributed by atoms with van der Waals surface area (Å²) in [7, 11) is 0. The largest absolute Gasteiger partial charge is 0.446 e. The Balaban J connectivity index is 2.12. The molecule has 112 valence electrons. The summed E-state index contributed by atoms with van der Waals surface area (Å²) < 4.78 is 37.7. The molecule has 6 heteroatoms. The van der Waals surface area contributed by atoms with Crippen LogP contribution in [0.2, 0.25) is 0 Å². The molecule has 1 aliphatic carbocycles. The third-order valence-corrected chi connectivity index (χ3v) is 4.47. The first-order valence-corrected chi connectivity index (χ1v) is 7.62. The van der Waals surface area contributed by atoms with Crippen LogP contribution in [-0.4, -0.2) is 18.1 Å².